The van der Waals surface area contributed by atoms with E-state index in [2.05, 4.69) is 15.4 Å². The Balaban J connectivity index is 1.94. The molecule has 2 heterocycles. The van der Waals surface area contributed by atoms with Gasteiger partial charge in [0.25, 0.3) is 5.91 Å². The zero-order valence-electron chi connectivity index (χ0n) is 12.5. The van der Waals surface area contributed by atoms with Crippen LogP contribution in [0.5, 0.6) is 5.75 Å². The van der Waals surface area contributed by atoms with Crippen LogP contribution in [-0.4, -0.2) is 28.2 Å². The minimum Gasteiger partial charge on any atom is -0.497 e. The highest BCUT2D eigenvalue weighted by atomic mass is 19.4. The number of alkyl halides is 3. The van der Waals surface area contributed by atoms with E-state index >= 15 is 0 Å². The first kappa shape index (κ1) is 15.8. The van der Waals surface area contributed by atoms with E-state index in [-0.39, 0.29) is 5.56 Å². The smallest absolute Gasteiger partial charge is 0.451 e. The molecular formula is C14H11F3N4O3. The molecule has 3 rings (SSSR count). The van der Waals surface area contributed by atoms with E-state index in [1.54, 1.807) is 30.2 Å². The van der Waals surface area contributed by atoms with Crippen molar-refractivity contribution in [2.45, 2.75) is 13.1 Å². The Morgan fingerprint density at radius 1 is 1.38 bits per heavy atom. The molecular weight excluding hydrogens is 329 g/mol. The Morgan fingerprint density at radius 2 is 2.12 bits per heavy atom. The maximum absolute atomic E-state index is 12.5. The van der Waals surface area contributed by atoms with Gasteiger partial charge in [0.2, 0.25) is 11.8 Å². The van der Waals surface area contributed by atoms with Gasteiger partial charge in [-0.05, 0) is 25.1 Å². The molecule has 0 aliphatic heterocycles. The zero-order valence-corrected chi connectivity index (χ0v) is 12.5. The molecule has 2 aromatic heterocycles. The summed E-state index contributed by atoms with van der Waals surface area (Å²) in [6, 6.07) is 4.89. The number of aromatic amines is 1. The average molecular weight is 340 g/mol. The summed E-state index contributed by atoms with van der Waals surface area (Å²) >= 11 is 0. The number of anilines is 1. The van der Waals surface area contributed by atoms with Crippen LogP contribution >= 0.6 is 0 Å². The third-order valence-corrected chi connectivity index (χ3v) is 3.28. The third kappa shape index (κ3) is 2.77. The lowest BCUT2D eigenvalue weighted by Gasteiger charge is -2.02. The van der Waals surface area contributed by atoms with Gasteiger partial charge in [-0.15, -0.1) is 5.10 Å². The van der Waals surface area contributed by atoms with Crippen LogP contribution in [0.25, 0.3) is 11.0 Å². The maximum atomic E-state index is 12.5. The predicted octanol–water partition coefficient (Wildman–Crippen LogP) is 3.14. The SMILES string of the molecule is COc1ccc2oc(C)c(C(=O)Nc3n[nH]c(C(F)(F)F)n3)c2c1. The van der Waals surface area contributed by atoms with Crippen LogP contribution in [-0.2, 0) is 6.18 Å². The molecule has 0 atom stereocenters. The van der Waals surface area contributed by atoms with E-state index < -0.39 is 23.9 Å². The van der Waals surface area contributed by atoms with Crippen molar-refractivity contribution in [1.82, 2.24) is 15.2 Å². The second-order valence-electron chi connectivity index (χ2n) is 4.85. The number of nitrogens with zero attached hydrogens (tertiary/aromatic N) is 2. The minimum absolute atomic E-state index is 0.169. The lowest BCUT2D eigenvalue weighted by molar-refractivity contribution is -0.144. The molecule has 0 radical (unpaired) electrons. The summed E-state index contributed by atoms with van der Waals surface area (Å²) in [6.07, 6.45) is -4.68. The van der Waals surface area contributed by atoms with Gasteiger partial charge in [0, 0.05) is 5.39 Å². The van der Waals surface area contributed by atoms with Crippen molar-refractivity contribution in [2.75, 3.05) is 12.4 Å². The highest BCUT2D eigenvalue weighted by Gasteiger charge is 2.35. The van der Waals surface area contributed by atoms with Gasteiger partial charge in [-0.1, -0.05) is 0 Å². The number of nitrogens with one attached hydrogen (secondary N) is 2. The van der Waals surface area contributed by atoms with Crippen LogP contribution in [0.3, 0.4) is 0 Å². The number of aromatic nitrogens is 3. The molecule has 7 nitrogen and oxygen atoms in total. The third-order valence-electron chi connectivity index (χ3n) is 3.28. The molecule has 24 heavy (non-hydrogen) atoms. The Morgan fingerprint density at radius 3 is 2.75 bits per heavy atom. The summed E-state index contributed by atoms with van der Waals surface area (Å²) in [7, 11) is 1.47. The summed E-state index contributed by atoms with van der Waals surface area (Å²) in [6.45, 7) is 1.57. The molecule has 0 unspecified atom stereocenters. The number of hydrogen-bond acceptors (Lipinski definition) is 5. The molecule has 2 N–H and O–H groups in total. The lowest BCUT2D eigenvalue weighted by Crippen LogP contribution is -2.14. The zero-order chi connectivity index (χ0) is 17.5. The molecule has 0 bridgehead atoms. The number of H-pyrrole nitrogens is 1. The number of methoxy groups -OCH3 is 1. The number of amides is 1. The quantitative estimate of drug-likeness (QED) is 0.764. The Labute approximate surface area is 132 Å². The van der Waals surface area contributed by atoms with Crippen molar-refractivity contribution >= 4 is 22.8 Å². The van der Waals surface area contributed by atoms with Crippen LogP contribution in [0.2, 0.25) is 0 Å². The van der Waals surface area contributed by atoms with E-state index in [9.17, 15) is 18.0 Å². The van der Waals surface area contributed by atoms with Gasteiger partial charge in [-0.3, -0.25) is 15.2 Å². The molecule has 0 aliphatic carbocycles. The number of hydrogen-bond donors (Lipinski definition) is 2. The molecule has 1 amide bonds. The van der Waals surface area contributed by atoms with Crippen LogP contribution in [0.4, 0.5) is 19.1 Å². The van der Waals surface area contributed by atoms with E-state index in [1.165, 1.54) is 7.11 Å². The van der Waals surface area contributed by atoms with Crippen molar-refractivity contribution in [3.63, 3.8) is 0 Å². The molecule has 0 fully saturated rings. The summed E-state index contributed by atoms with van der Waals surface area (Å²) in [4.78, 5) is 15.6. The number of halogens is 3. The fourth-order valence-electron chi connectivity index (χ4n) is 2.22. The minimum atomic E-state index is -4.68. The van der Waals surface area contributed by atoms with Gasteiger partial charge in [-0.2, -0.15) is 18.2 Å². The number of carbonyl (C=O) groups excluding carboxylic acids is 1. The molecule has 1 aromatic carbocycles. The highest BCUT2D eigenvalue weighted by molar-refractivity contribution is 6.12. The van der Waals surface area contributed by atoms with Crippen LogP contribution in [0.1, 0.15) is 21.9 Å². The molecule has 126 valence electrons. The highest BCUT2D eigenvalue weighted by Crippen LogP contribution is 2.30. The number of fused-ring (bicyclic) bond motifs is 1. The van der Waals surface area contributed by atoms with Crippen molar-refractivity contribution in [1.29, 1.82) is 0 Å². The van der Waals surface area contributed by atoms with Gasteiger partial charge < -0.3 is 9.15 Å². The van der Waals surface area contributed by atoms with Crippen molar-refractivity contribution in [3.8, 4) is 5.75 Å². The van der Waals surface area contributed by atoms with Gasteiger partial charge in [-0.25, -0.2) is 0 Å². The van der Waals surface area contributed by atoms with Gasteiger partial charge in [0.1, 0.15) is 17.1 Å². The number of aryl methyl sites for hydroxylation is 1. The summed E-state index contributed by atoms with van der Waals surface area (Å²) in [5.41, 5.74) is 0.617. The number of rotatable bonds is 3. The van der Waals surface area contributed by atoms with Gasteiger partial charge in [0.15, 0.2) is 0 Å². The maximum Gasteiger partial charge on any atom is 0.451 e. The fourth-order valence-corrected chi connectivity index (χ4v) is 2.22. The molecule has 0 saturated heterocycles. The van der Waals surface area contributed by atoms with Crippen molar-refractivity contribution in [2.24, 2.45) is 0 Å². The van der Waals surface area contributed by atoms with Crippen molar-refractivity contribution in [3.05, 3.63) is 35.3 Å². The topological polar surface area (TPSA) is 93.0 Å². The first-order valence-corrected chi connectivity index (χ1v) is 6.67. The van der Waals surface area contributed by atoms with Gasteiger partial charge in [0.05, 0.1) is 12.7 Å². The molecule has 0 aliphatic rings. The van der Waals surface area contributed by atoms with E-state index in [4.69, 9.17) is 9.15 Å². The van der Waals surface area contributed by atoms with Crippen LogP contribution in [0.15, 0.2) is 22.6 Å². The summed E-state index contributed by atoms with van der Waals surface area (Å²) < 4.78 is 48.0. The molecule has 3 aromatic rings. The Bertz CT molecular complexity index is 914. The Kier molecular flexibility index (Phi) is 3.66. The average Bonchev–Trinajstić information content (AvgIpc) is 3.09. The number of carbonyl (C=O) groups is 1. The summed E-state index contributed by atoms with van der Waals surface area (Å²) in [5, 5.41) is 7.74. The normalized spacial score (nSPS) is 11.7. The van der Waals surface area contributed by atoms with E-state index in [0.717, 1.165) is 0 Å². The first-order chi connectivity index (χ1) is 11.3. The second kappa shape index (κ2) is 5.55. The van der Waals surface area contributed by atoms with Crippen molar-refractivity contribution < 1.29 is 27.1 Å². The monoisotopic (exact) mass is 340 g/mol. The lowest BCUT2D eigenvalue weighted by atomic mass is 10.1. The number of ether oxygens (including phenoxy) is 1. The predicted molar refractivity (Wildman–Crippen MR) is 76.8 cm³/mol. The first-order valence-electron chi connectivity index (χ1n) is 6.67. The largest absolute Gasteiger partial charge is 0.497 e. The summed E-state index contributed by atoms with van der Waals surface area (Å²) in [5.74, 6) is -1.65. The molecule has 0 spiro atoms. The number of benzene rings is 1. The molecule has 10 heteroatoms. The fraction of sp³-hybridized carbons (Fsp3) is 0.214. The van der Waals surface area contributed by atoms with Gasteiger partial charge >= 0.3 is 6.18 Å². The standard InChI is InChI=1S/C14H11F3N4O3/c1-6-10(8-5-7(23-2)3-4-9(8)24-6)11(22)18-13-19-12(20-21-13)14(15,16)17/h3-5H,1-2H3,(H2,18,19,20,21,22). The second-order valence-corrected chi connectivity index (χ2v) is 4.85. The molecule has 0 saturated carbocycles. The van der Waals surface area contributed by atoms with Crippen LogP contribution < -0.4 is 10.1 Å². The Hall–Kier alpha value is -3.04. The van der Waals surface area contributed by atoms with Crippen LogP contribution in [0, 0.1) is 6.92 Å². The van der Waals surface area contributed by atoms with E-state index in [1.807, 2.05) is 0 Å². The van der Waals surface area contributed by atoms with E-state index in [0.29, 0.717) is 22.5 Å². The number of furan rings is 1.